The van der Waals surface area contributed by atoms with E-state index in [1.807, 2.05) is 13.8 Å². The summed E-state index contributed by atoms with van der Waals surface area (Å²) in [6.07, 6.45) is 1.50. The topological polar surface area (TPSA) is 88.1 Å². The van der Waals surface area contributed by atoms with Crippen LogP contribution < -0.4 is 11.2 Å². The number of rotatable bonds is 5. The first kappa shape index (κ1) is 15.4. The Kier molecular flexibility index (Phi) is 4.56. The molecule has 0 fully saturated rings. The third kappa shape index (κ3) is 2.76. The van der Waals surface area contributed by atoms with Crippen LogP contribution >= 0.6 is 11.5 Å². The van der Waals surface area contributed by atoms with Crippen molar-refractivity contribution in [3.8, 4) is 0 Å². The van der Waals surface area contributed by atoms with Gasteiger partial charge in [-0.05, 0) is 24.4 Å². The Labute approximate surface area is 125 Å². The Morgan fingerprint density at radius 2 is 2.05 bits per heavy atom. The SMILES string of the molecule is CCCN(C)C(=O)c1snc2c(=O)n(CCC)c(=O)[nH]c12. The maximum atomic E-state index is 12.3. The lowest BCUT2D eigenvalue weighted by Crippen LogP contribution is -2.35. The quantitative estimate of drug-likeness (QED) is 0.893. The Hall–Kier alpha value is -1.96. The monoisotopic (exact) mass is 310 g/mol. The predicted octanol–water partition coefficient (Wildman–Crippen LogP) is 1.04. The first-order chi connectivity index (χ1) is 10.0. The van der Waals surface area contributed by atoms with E-state index in [4.69, 9.17) is 0 Å². The van der Waals surface area contributed by atoms with Gasteiger partial charge in [-0.3, -0.25) is 14.2 Å². The van der Waals surface area contributed by atoms with Crippen molar-refractivity contribution < 1.29 is 4.79 Å². The molecule has 0 saturated heterocycles. The molecule has 0 aliphatic carbocycles. The standard InChI is InChI=1S/C13H18N4O3S/c1-4-6-16(3)12(19)10-8-9(15-21-10)11(18)17(7-5-2)13(20)14-8/h4-7H2,1-3H3,(H,14,20). The lowest BCUT2D eigenvalue weighted by molar-refractivity contribution is 0.0801. The highest BCUT2D eigenvalue weighted by molar-refractivity contribution is 7.09. The molecule has 2 aromatic heterocycles. The number of aromatic nitrogens is 3. The van der Waals surface area contributed by atoms with E-state index in [-0.39, 0.29) is 16.9 Å². The van der Waals surface area contributed by atoms with Gasteiger partial charge in [0.25, 0.3) is 11.5 Å². The summed E-state index contributed by atoms with van der Waals surface area (Å²) in [7, 11) is 1.69. The van der Waals surface area contributed by atoms with E-state index in [0.29, 0.717) is 24.4 Å². The number of hydrogen-bond donors (Lipinski definition) is 1. The highest BCUT2D eigenvalue weighted by Crippen LogP contribution is 2.18. The van der Waals surface area contributed by atoms with Crippen LogP contribution in [0.4, 0.5) is 0 Å². The van der Waals surface area contributed by atoms with E-state index in [9.17, 15) is 14.4 Å². The highest BCUT2D eigenvalue weighted by atomic mass is 32.1. The Bertz CT molecular complexity index is 774. The van der Waals surface area contributed by atoms with Crippen LogP contribution in [0.2, 0.25) is 0 Å². The second-order valence-corrected chi connectivity index (χ2v) is 5.62. The largest absolute Gasteiger partial charge is 0.341 e. The zero-order chi connectivity index (χ0) is 15.6. The zero-order valence-corrected chi connectivity index (χ0v) is 13.1. The lowest BCUT2D eigenvalue weighted by atomic mass is 10.3. The molecule has 21 heavy (non-hydrogen) atoms. The van der Waals surface area contributed by atoms with Gasteiger partial charge in [0, 0.05) is 20.1 Å². The summed E-state index contributed by atoms with van der Waals surface area (Å²) in [4.78, 5) is 41.0. The molecule has 0 aliphatic heterocycles. The van der Waals surface area contributed by atoms with Crippen molar-refractivity contribution in [2.24, 2.45) is 0 Å². The molecule has 0 aliphatic rings. The number of carbonyl (C=O) groups is 1. The first-order valence-electron chi connectivity index (χ1n) is 6.89. The first-order valence-corrected chi connectivity index (χ1v) is 7.66. The van der Waals surface area contributed by atoms with E-state index in [2.05, 4.69) is 9.36 Å². The Balaban J connectivity index is 2.58. The van der Waals surface area contributed by atoms with Crippen molar-refractivity contribution in [3.05, 3.63) is 25.7 Å². The normalized spacial score (nSPS) is 11.0. The van der Waals surface area contributed by atoms with Crippen molar-refractivity contribution in [1.29, 1.82) is 0 Å². The molecule has 1 N–H and O–H groups in total. The highest BCUT2D eigenvalue weighted by Gasteiger charge is 2.21. The van der Waals surface area contributed by atoms with Gasteiger partial charge in [-0.1, -0.05) is 13.8 Å². The van der Waals surface area contributed by atoms with Gasteiger partial charge in [0.05, 0.1) is 5.52 Å². The van der Waals surface area contributed by atoms with Gasteiger partial charge in [0.15, 0.2) is 5.52 Å². The summed E-state index contributed by atoms with van der Waals surface area (Å²) < 4.78 is 5.17. The van der Waals surface area contributed by atoms with Gasteiger partial charge in [-0.2, -0.15) is 4.37 Å². The van der Waals surface area contributed by atoms with Crippen LogP contribution in [0.3, 0.4) is 0 Å². The summed E-state index contributed by atoms with van der Waals surface area (Å²) in [5, 5.41) is 0. The number of nitrogens with one attached hydrogen (secondary N) is 1. The molecule has 2 rings (SSSR count). The van der Waals surface area contributed by atoms with Crippen LogP contribution in [0.5, 0.6) is 0 Å². The van der Waals surface area contributed by atoms with Crippen molar-refractivity contribution in [3.63, 3.8) is 0 Å². The van der Waals surface area contributed by atoms with Crippen molar-refractivity contribution in [2.75, 3.05) is 13.6 Å². The smallest absolute Gasteiger partial charge is 0.328 e. The zero-order valence-electron chi connectivity index (χ0n) is 12.3. The third-order valence-electron chi connectivity index (χ3n) is 3.16. The minimum atomic E-state index is -0.498. The van der Waals surface area contributed by atoms with Gasteiger partial charge in [0.2, 0.25) is 0 Å². The van der Waals surface area contributed by atoms with Crippen LogP contribution in [0.15, 0.2) is 9.59 Å². The molecule has 0 bridgehead atoms. The molecule has 7 nitrogen and oxygen atoms in total. The van der Waals surface area contributed by atoms with E-state index < -0.39 is 11.2 Å². The van der Waals surface area contributed by atoms with Gasteiger partial charge >= 0.3 is 5.69 Å². The molecule has 0 unspecified atom stereocenters. The molecule has 0 radical (unpaired) electrons. The van der Waals surface area contributed by atoms with Crippen molar-refractivity contribution in [1.82, 2.24) is 18.8 Å². The Morgan fingerprint density at radius 3 is 2.67 bits per heavy atom. The molecular formula is C13H18N4O3S. The number of carbonyl (C=O) groups excluding carboxylic acids is 1. The minimum absolute atomic E-state index is 0.154. The minimum Gasteiger partial charge on any atom is -0.341 e. The van der Waals surface area contributed by atoms with E-state index >= 15 is 0 Å². The van der Waals surface area contributed by atoms with Crippen LogP contribution in [-0.2, 0) is 6.54 Å². The fourth-order valence-corrected chi connectivity index (χ4v) is 2.95. The molecule has 8 heteroatoms. The second-order valence-electron chi connectivity index (χ2n) is 4.85. The fourth-order valence-electron chi connectivity index (χ4n) is 2.13. The summed E-state index contributed by atoms with van der Waals surface area (Å²) in [5.41, 5.74) is -0.539. The van der Waals surface area contributed by atoms with Gasteiger partial charge in [-0.15, -0.1) is 0 Å². The second kappa shape index (κ2) is 6.21. The summed E-state index contributed by atoms with van der Waals surface area (Å²) in [5.74, 6) is -0.229. The number of fused-ring (bicyclic) bond motifs is 1. The molecule has 114 valence electrons. The predicted molar refractivity (Wildman–Crippen MR) is 82.0 cm³/mol. The number of hydrogen-bond acceptors (Lipinski definition) is 5. The molecule has 0 aromatic carbocycles. The summed E-state index contributed by atoms with van der Waals surface area (Å²) in [6, 6.07) is 0. The number of nitrogens with zero attached hydrogens (tertiary/aromatic N) is 3. The van der Waals surface area contributed by atoms with Crippen molar-refractivity contribution >= 4 is 28.5 Å². The van der Waals surface area contributed by atoms with Crippen LogP contribution in [0, 0.1) is 0 Å². The maximum Gasteiger partial charge on any atom is 0.328 e. The molecule has 2 aromatic rings. The number of amides is 1. The Morgan fingerprint density at radius 1 is 1.33 bits per heavy atom. The van der Waals surface area contributed by atoms with E-state index in [0.717, 1.165) is 22.5 Å². The third-order valence-corrected chi connectivity index (χ3v) is 4.00. The molecule has 0 atom stereocenters. The molecule has 2 heterocycles. The van der Waals surface area contributed by atoms with Crippen LogP contribution in [0.25, 0.3) is 11.0 Å². The molecule has 0 spiro atoms. The average Bonchev–Trinajstić information content (AvgIpc) is 2.86. The number of H-pyrrole nitrogens is 1. The van der Waals surface area contributed by atoms with Gasteiger partial charge in [-0.25, -0.2) is 4.79 Å². The summed E-state index contributed by atoms with van der Waals surface area (Å²) >= 11 is 0.950. The number of aromatic amines is 1. The molecule has 1 amide bonds. The van der Waals surface area contributed by atoms with E-state index in [1.165, 1.54) is 0 Å². The van der Waals surface area contributed by atoms with Crippen LogP contribution in [-0.4, -0.2) is 38.3 Å². The van der Waals surface area contributed by atoms with Crippen LogP contribution in [0.1, 0.15) is 36.4 Å². The molecular weight excluding hydrogens is 292 g/mol. The maximum absolute atomic E-state index is 12.3. The fraction of sp³-hybridized carbons (Fsp3) is 0.538. The van der Waals surface area contributed by atoms with Crippen molar-refractivity contribution in [2.45, 2.75) is 33.2 Å². The van der Waals surface area contributed by atoms with Gasteiger partial charge in [0.1, 0.15) is 4.88 Å². The average molecular weight is 310 g/mol. The molecule has 0 saturated carbocycles. The van der Waals surface area contributed by atoms with Gasteiger partial charge < -0.3 is 9.88 Å². The summed E-state index contributed by atoms with van der Waals surface area (Å²) in [6.45, 7) is 4.79. The van der Waals surface area contributed by atoms with E-state index in [1.54, 1.807) is 11.9 Å². The lowest BCUT2D eigenvalue weighted by Gasteiger charge is -2.14.